The third-order valence-corrected chi connectivity index (χ3v) is 13.8. The smallest absolute Gasteiger partial charge is 0.292 e. The first kappa shape index (κ1) is 31.7. The maximum atomic E-state index is 11.1. The first-order valence-corrected chi connectivity index (χ1v) is 17.9. The van der Waals surface area contributed by atoms with Crippen LogP contribution in [0.3, 0.4) is 0 Å². The van der Waals surface area contributed by atoms with Gasteiger partial charge in [-0.1, -0.05) is 40.5 Å². The molecule has 4 aliphatic carbocycles. The summed E-state index contributed by atoms with van der Waals surface area (Å²) in [5, 5.41) is 13.5. The highest BCUT2D eigenvalue weighted by Gasteiger charge is 2.60. The zero-order valence-corrected chi connectivity index (χ0v) is 26.8. The Morgan fingerprint density at radius 3 is 2.33 bits per heavy atom. The number of aliphatic hydroxyl groups excluding tert-OH is 1. The molecule has 4 saturated carbocycles. The van der Waals surface area contributed by atoms with E-state index in [0.29, 0.717) is 27.9 Å². The van der Waals surface area contributed by atoms with Gasteiger partial charge in [0.2, 0.25) is 0 Å². The second kappa shape index (κ2) is 12.2. The number of aliphatic hydroxyl groups is 1. The van der Waals surface area contributed by atoms with Crippen LogP contribution in [0.25, 0.3) is 0 Å². The van der Waals surface area contributed by atoms with Gasteiger partial charge in [0, 0.05) is 25.4 Å². The Hall–Kier alpha value is -0.210. The zero-order valence-electron chi connectivity index (χ0n) is 26.0. The highest BCUT2D eigenvalue weighted by Crippen LogP contribution is 2.68. The molecule has 0 amide bonds. The number of nitrogens with one attached hydrogen (secondary N) is 1. The van der Waals surface area contributed by atoms with Gasteiger partial charge < -0.3 is 14.9 Å². The van der Waals surface area contributed by atoms with Gasteiger partial charge in [0.1, 0.15) is 0 Å². The Morgan fingerprint density at radius 2 is 1.64 bits per heavy atom. The Morgan fingerprint density at radius 1 is 0.949 bits per heavy atom. The van der Waals surface area contributed by atoms with E-state index in [4.69, 9.17) is 4.55 Å². The summed E-state index contributed by atoms with van der Waals surface area (Å²) in [6.45, 7) is 12.7. The summed E-state index contributed by atoms with van der Waals surface area (Å²) < 4.78 is 31.8. The Kier molecular flexibility index (Phi) is 9.91. The molecule has 4 rings (SSSR count). The molecule has 4 fully saturated rings. The largest absolute Gasteiger partial charge is 0.375 e. The van der Waals surface area contributed by atoms with Crippen molar-refractivity contribution in [3.05, 3.63) is 0 Å². The number of fused-ring (bicyclic) bond motifs is 5. The van der Waals surface area contributed by atoms with Crippen molar-refractivity contribution in [1.29, 1.82) is 0 Å². The molecule has 0 aromatic rings. The van der Waals surface area contributed by atoms with Crippen molar-refractivity contribution in [2.45, 2.75) is 123 Å². The van der Waals surface area contributed by atoms with E-state index in [2.05, 4.69) is 47.1 Å². The normalized spacial score (nSPS) is 40.4. The Balaban J connectivity index is 1.25. The van der Waals surface area contributed by atoms with Crippen molar-refractivity contribution in [2.24, 2.45) is 46.3 Å². The fraction of sp³-hybridized carbons (Fsp3) is 1.00. The van der Waals surface area contributed by atoms with Gasteiger partial charge in [-0.05, 0) is 104 Å². The van der Waals surface area contributed by atoms with Gasteiger partial charge in [-0.15, -0.1) is 0 Å². The van der Waals surface area contributed by atoms with Crippen molar-refractivity contribution in [1.82, 2.24) is 5.32 Å². The second-order valence-electron chi connectivity index (χ2n) is 15.6. The molecule has 39 heavy (non-hydrogen) atoms. The van der Waals surface area contributed by atoms with Gasteiger partial charge >= 0.3 is 0 Å². The summed E-state index contributed by atoms with van der Waals surface area (Å²) in [7, 11) is -0.244. The first-order chi connectivity index (χ1) is 18.2. The second-order valence-corrected chi connectivity index (χ2v) is 17.1. The predicted molar refractivity (Wildman–Crippen MR) is 160 cm³/mol. The molecule has 7 heteroatoms. The molecule has 0 radical (unpaired) electrons. The van der Waals surface area contributed by atoms with Crippen LogP contribution in [0.4, 0.5) is 0 Å². The van der Waals surface area contributed by atoms with Crippen LogP contribution in [-0.2, 0) is 10.1 Å². The van der Waals surface area contributed by atoms with Gasteiger partial charge in [0.15, 0.2) is 5.44 Å². The third-order valence-electron chi connectivity index (χ3n) is 12.9. The van der Waals surface area contributed by atoms with Gasteiger partial charge in [-0.25, -0.2) is 0 Å². The van der Waals surface area contributed by atoms with Crippen LogP contribution in [0, 0.1) is 46.3 Å². The lowest BCUT2D eigenvalue weighted by atomic mass is 9.44. The van der Waals surface area contributed by atoms with E-state index in [1.807, 2.05) is 0 Å². The average molecular weight is 570 g/mol. The van der Waals surface area contributed by atoms with Crippen molar-refractivity contribution in [3.8, 4) is 0 Å². The molecule has 228 valence electrons. The topological polar surface area (TPSA) is 86.6 Å². The van der Waals surface area contributed by atoms with E-state index >= 15 is 0 Å². The maximum Gasteiger partial charge on any atom is 0.292 e. The van der Waals surface area contributed by atoms with Crippen molar-refractivity contribution in [2.75, 3.05) is 33.7 Å². The minimum Gasteiger partial charge on any atom is -0.375 e. The molecule has 0 heterocycles. The van der Waals surface area contributed by atoms with Crippen molar-refractivity contribution < 1.29 is 22.6 Å². The van der Waals surface area contributed by atoms with Crippen LogP contribution < -0.4 is 5.32 Å². The predicted octanol–water partition coefficient (Wildman–Crippen LogP) is 6.10. The van der Waals surface area contributed by atoms with Crippen LogP contribution in [0.5, 0.6) is 0 Å². The monoisotopic (exact) mass is 569 g/mol. The molecule has 0 spiro atoms. The van der Waals surface area contributed by atoms with E-state index in [9.17, 15) is 13.5 Å². The molecule has 0 aromatic carbocycles. The summed E-state index contributed by atoms with van der Waals surface area (Å²) in [5.41, 5.74) is -0.561. The highest BCUT2D eigenvalue weighted by atomic mass is 32.2. The van der Waals surface area contributed by atoms with E-state index in [1.54, 1.807) is 0 Å². The minimum absolute atomic E-state index is 0.0583. The van der Waals surface area contributed by atoms with Crippen LogP contribution in [0.15, 0.2) is 0 Å². The summed E-state index contributed by atoms with van der Waals surface area (Å²) in [6.07, 6.45) is 16.6. The molecule has 0 saturated heterocycles. The lowest BCUT2D eigenvalue weighted by molar-refractivity contribution is -0.890. The molecule has 0 aromatic heterocycles. The lowest BCUT2D eigenvalue weighted by Crippen LogP contribution is -2.55. The van der Waals surface area contributed by atoms with E-state index in [0.717, 1.165) is 55.0 Å². The maximum absolute atomic E-state index is 11.1. The van der Waals surface area contributed by atoms with E-state index < -0.39 is 15.6 Å². The first-order valence-electron chi connectivity index (χ1n) is 16.4. The molecule has 6 nitrogen and oxygen atoms in total. The molecule has 3 N–H and O–H groups in total. The molecular weight excluding hydrogens is 508 g/mol. The third kappa shape index (κ3) is 6.73. The van der Waals surface area contributed by atoms with E-state index in [-0.39, 0.29) is 6.42 Å². The fourth-order valence-corrected chi connectivity index (χ4v) is 11.0. The number of rotatable bonds is 12. The van der Waals surface area contributed by atoms with Gasteiger partial charge in [0.25, 0.3) is 10.1 Å². The molecule has 6 unspecified atom stereocenters. The van der Waals surface area contributed by atoms with Gasteiger partial charge in [-0.3, -0.25) is 4.55 Å². The lowest BCUT2D eigenvalue weighted by Gasteiger charge is -2.61. The standard InChI is InChI=1S/C32H60N2O4S/c1-7-9-23(2)27-12-13-28-26-11-10-24-22-25(14-17-31(24,3)29(26)15-18-32(27,28)4)33-19-8-20-34(5,6)21-16-30(35)39(36,37)38/h23-30,33,35H,7-22H2,1-6H3/p+1/t23-,24?,25?,26?,27-,28?,29?,30?,31+,32-/m1/s1. The van der Waals surface area contributed by atoms with Crippen molar-refractivity contribution >= 4 is 10.1 Å². The summed E-state index contributed by atoms with van der Waals surface area (Å²) in [4.78, 5) is 0. The summed E-state index contributed by atoms with van der Waals surface area (Å²) >= 11 is 0. The van der Waals surface area contributed by atoms with Crippen LogP contribution in [-0.4, -0.2) is 67.8 Å². The van der Waals surface area contributed by atoms with Crippen LogP contribution in [0.2, 0.25) is 0 Å². The van der Waals surface area contributed by atoms with Crippen molar-refractivity contribution in [3.63, 3.8) is 0 Å². The average Bonchev–Trinajstić information content (AvgIpc) is 3.22. The Bertz CT molecular complexity index is 925. The number of hydrogen-bond donors (Lipinski definition) is 3. The number of nitrogens with zero attached hydrogens (tertiary/aromatic N) is 1. The molecule has 0 aliphatic heterocycles. The molecule has 0 bridgehead atoms. The van der Waals surface area contributed by atoms with Gasteiger partial charge in [-0.2, -0.15) is 8.42 Å². The molecular formula is C32H61N2O4S+. The summed E-state index contributed by atoms with van der Waals surface area (Å²) in [5.74, 6) is 5.57. The van der Waals surface area contributed by atoms with Crippen LogP contribution >= 0.6 is 0 Å². The number of hydrogen-bond acceptors (Lipinski definition) is 4. The molecule has 4 aliphatic rings. The number of quaternary nitrogens is 1. The highest BCUT2D eigenvalue weighted by molar-refractivity contribution is 7.86. The SMILES string of the molecule is CCC[C@@H](C)[C@H]1CCC2C3CCC4CC(NCCC[N+](C)(C)CCC(O)S(=O)(=O)O)CC[C@]4(C)C3CC[C@@]21C. The zero-order chi connectivity index (χ0) is 28.6. The fourth-order valence-electron chi connectivity index (χ4n) is 10.6. The molecule has 10 atom stereocenters. The summed E-state index contributed by atoms with van der Waals surface area (Å²) in [6, 6.07) is 0.621. The van der Waals surface area contributed by atoms with Gasteiger partial charge in [0.05, 0.1) is 27.2 Å². The van der Waals surface area contributed by atoms with E-state index in [1.165, 1.54) is 70.6 Å². The minimum atomic E-state index is -4.37. The Labute approximate surface area is 240 Å². The quantitative estimate of drug-likeness (QED) is 0.150. The van der Waals surface area contributed by atoms with Crippen LogP contribution in [0.1, 0.15) is 111 Å².